The van der Waals surface area contributed by atoms with Crippen molar-refractivity contribution in [1.82, 2.24) is 14.9 Å². The van der Waals surface area contributed by atoms with E-state index in [0.29, 0.717) is 6.61 Å². The van der Waals surface area contributed by atoms with Gasteiger partial charge in [-0.2, -0.15) is 0 Å². The van der Waals surface area contributed by atoms with Gasteiger partial charge in [-0.1, -0.05) is 0 Å². The van der Waals surface area contributed by atoms with Crippen LogP contribution in [0.4, 0.5) is 5.95 Å². The maximum absolute atomic E-state index is 12.1. The van der Waals surface area contributed by atoms with Crippen molar-refractivity contribution in [2.45, 2.75) is 37.4 Å². The lowest BCUT2D eigenvalue weighted by molar-refractivity contribution is -0.137. The van der Waals surface area contributed by atoms with Crippen LogP contribution in [0.5, 0.6) is 0 Å². The van der Waals surface area contributed by atoms with Crippen LogP contribution >= 0.6 is 0 Å². The third kappa shape index (κ3) is 3.23. The van der Waals surface area contributed by atoms with Gasteiger partial charge in [0.1, 0.15) is 6.61 Å². The zero-order valence-electron chi connectivity index (χ0n) is 13.9. The smallest absolute Gasteiger partial charge is 0.248 e. The average molecular weight is 332 g/mol. The predicted molar refractivity (Wildman–Crippen MR) is 87.7 cm³/mol. The van der Waals surface area contributed by atoms with E-state index >= 15 is 0 Å². The number of amides is 1. The van der Waals surface area contributed by atoms with Gasteiger partial charge in [0.05, 0.1) is 24.9 Å². The monoisotopic (exact) mass is 332 g/mol. The maximum atomic E-state index is 12.1. The molecule has 2 atom stereocenters. The highest BCUT2D eigenvalue weighted by Crippen LogP contribution is 2.37. The van der Waals surface area contributed by atoms with Gasteiger partial charge >= 0.3 is 0 Å². The van der Waals surface area contributed by atoms with Crippen LogP contribution in [0.15, 0.2) is 18.5 Å². The van der Waals surface area contributed by atoms with Gasteiger partial charge in [-0.15, -0.1) is 0 Å². The van der Waals surface area contributed by atoms with Crippen LogP contribution in [0, 0.1) is 0 Å². The number of rotatable bonds is 4. The number of anilines is 1. The number of carbonyl (C=O) groups is 1. The highest BCUT2D eigenvalue weighted by atomic mass is 16.6. The molecule has 3 saturated heterocycles. The quantitative estimate of drug-likeness (QED) is 0.814. The number of likely N-dealkylation sites (tertiary alicyclic amines) is 1. The number of ether oxygens (including phenoxy) is 2. The summed E-state index contributed by atoms with van der Waals surface area (Å²) in [5.41, 5.74) is -0.180. The van der Waals surface area contributed by atoms with Crippen LogP contribution in [0.1, 0.15) is 25.7 Å². The summed E-state index contributed by atoms with van der Waals surface area (Å²) in [5.74, 6) is 0.866. The number of hydrogen-bond donors (Lipinski definition) is 0. The minimum atomic E-state index is -0.180. The van der Waals surface area contributed by atoms with Gasteiger partial charge in [-0.05, 0) is 25.3 Å². The molecule has 24 heavy (non-hydrogen) atoms. The number of nitrogens with zero attached hydrogens (tertiary/aromatic N) is 4. The Kier molecular flexibility index (Phi) is 4.37. The summed E-state index contributed by atoms with van der Waals surface area (Å²) < 4.78 is 11.9. The lowest BCUT2D eigenvalue weighted by atomic mass is 9.98. The van der Waals surface area contributed by atoms with Crippen molar-refractivity contribution < 1.29 is 14.3 Å². The zero-order valence-corrected chi connectivity index (χ0v) is 13.9. The molecule has 7 heteroatoms. The van der Waals surface area contributed by atoms with Crippen molar-refractivity contribution in [3.8, 4) is 0 Å². The first kappa shape index (κ1) is 15.8. The Morgan fingerprint density at radius 1 is 1.29 bits per heavy atom. The molecule has 0 aromatic carbocycles. The molecule has 1 amide bonds. The molecule has 1 spiro atoms. The van der Waals surface area contributed by atoms with Crippen molar-refractivity contribution in [2.24, 2.45) is 0 Å². The van der Waals surface area contributed by atoms with Gasteiger partial charge in [-0.25, -0.2) is 9.97 Å². The Balaban J connectivity index is 1.28. The first-order chi connectivity index (χ1) is 11.7. The second-order valence-electron chi connectivity index (χ2n) is 6.94. The van der Waals surface area contributed by atoms with Crippen molar-refractivity contribution in [3.63, 3.8) is 0 Å². The summed E-state index contributed by atoms with van der Waals surface area (Å²) in [5, 5.41) is 0. The summed E-state index contributed by atoms with van der Waals surface area (Å²) in [6, 6.07) is 1.82. The molecule has 4 heterocycles. The number of hydrogen-bond acceptors (Lipinski definition) is 6. The standard InChI is InChI=1S/C17H24N4O3/c22-15(20-7-1-2-8-20)12-23-14-10-17(24-11-14)4-9-21(13-17)16-18-5-3-6-19-16/h3,5-6,14H,1-2,4,7-13H2/t14-,17-/m1/s1. The number of carbonyl (C=O) groups excluding carboxylic acids is 1. The molecular weight excluding hydrogens is 308 g/mol. The predicted octanol–water partition coefficient (Wildman–Crippen LogP) is 0.853. The fraction of sp³-hybridized carbons (Fsp3) is 0.706. The van der Waals surface area contributed by atoms with E-state index in [0.717, 1.165) is 57.8 Å². The van der Waals surface area contributed by atoms with E-state index in [9.17, 15) is 4.79 Å². The molecule has 0 radical (unpaired) electrons. The van der Waals surface area contributed by atoms with Crippen molar-refractivity contribution in [2.75, 3.05) is 44.3 Å². The average Bonchev–Trinajstić information content (AvgIpc) is 3.36. The third-order valence-electron chi connectivity index (χ3n) is 5.23. The summed E-state index contributed by atoms with van der Waals surface area (Å²) in [6.07, 6.45) is 7.54. The molecule has 3 fully saturated rings. The maximum Gasteiger partial charge on any atom is 0.248 e. The summed E-state index contributed by atoms with van der Waals surface area (Å²) >= 11 is 0. The lowest BCUT2D eigenvalue weighted by Gasteiger charge is -2.23. The molecule has 1 aromatic heterocycles. The van der Waals surface area contributed by atoms with Crippen LogP contribution in [-0.2, 0) is 14.3 Å². The summed E-state index contributed by atoms with van der Waals surface area (Å²) in [7, 11) is 0. The second-order valence-corrected chi connectivity index (χ2v) is 6.94. The van der Waals surface area contributed by atoms with Crippen molar-refractivity contribution in [1.29, 1.82) is 0 Å². The van der Waals surface area contributed by atoms with Gasteiger partial charge in [-0.3, -0.25) is 4.79 Å². The Labute approximate surface area is 142 Å². The largest absolute Gasteiger partial charge is 0.370 e. The molecule has 0 saturated carbocycles. The molecule has 0 N–H and O–H groups in total. The van der Waals surface area contributed by atoms with Crippen molar-refractivity contribution in [3.05, 3.63) is 18.5 Å². The molecule has 3 aliphatic rings. The molecule has 7 nitrogen and oxygen atoms in total. The molecule has 130 valence electrons. The SMILES string of the molecule is O=C(CO[C@H]1CO[C@]2(CCN(c3ncccn3)C2)C1)N1CCCC1. The van der Waals surface area contributed by atoms with Gasteiger partial charge in [0.15, 0.2) is 0 Å². The summed E-state index contributed by atoms with van der Waals surface area (Å²) in [6.45, 7) is 4.17. The van der Waals surface area contributed by atoms with Crippen molar-refractivity contribution >= 4 is 11.9 Å². The van der Waals surface area contributed by atoms with E-state index in [1.54, 1.807) is 12.4 Å². The highest BCUT2D eigenvalue weighted by Gasteiger charge is 2.46. The van der Waals surface area contributed by atoms with Gasteiger partial charge < -0.3 is 19.3 Å². The molecule has 0 unspecified atom stereocenters. The first-order valence-corrected chi connectivity index (χ1v) is 8.79. The Morgan fingerprint density at radius 2 is 2.08 bits per heavy atom. The number of aromatic nitrogens is 2. The van der Waals surface area contributed by atoms with Crippen LogP contribution in [-0.4, -0.2) is 71.9 Å². The second kappa shape index (κ2) is 6.64. The molecular formula is C17H24N4O3. The first-order valence-electron chi connectivity index (χ1n) is 8.79. The summed E-state index contributed by atoms with van der Waals surface area (Å²) in [4.78, 5) is 24.8. The molecule has 4 rings (SSSR count). The van der Waals surface area contributed by atoms with Gasteiger partial charge in [0.25, 0.3) is 0 Å². The Morgan fingerprint density at radius 3 is 2.88 bits per heavy atom. The third-order valence-corrected chi connectivity index (χ3v) is 5.23. The van der Waals surface area contributed by atoms with Crippen LogP contribution < -0.4 is 4.90 Å². The normalized spacial score (nSPS) is 29.8. The molecule has 3 aliphatic heterocycles. The van der Waals surface area contributed by atoms with Crippen LogP contribution in [0.25, 0.3) is 0 Å². The zero-order chi connectivity index (χ0) is 16.4. The lowest BCUT2D eigenvalue weighted by Crippen LogP contribution is -2.35. The van der Waals surface area contributed by atoms with E-state index < -0.39 is 0 Å². The molecule has 0 bridgehead atoms. The fourth-order valence-electron chi connectivity index (χ4n) is 3.91. The van der Waals surface area contributed by atoms with E-state index in [-0.39, 0.29) is 24.2 Å². The van der Waals surface area contributed by atoms with E-state index in [4.69, 9.17) is 9.47 Å². The Bertz CT molecular complexity index is 578. The van der Waals surface area contributed by atoms with Crippen LogP contribution in [0.2, 0.25) is 0 Å². The van der Waals surface area contributed by atoms with E-state index in [1.807, 2.05) is 11.0 Å². The Hall–Kier alpha value is -1.73. The van der Waals surface area contributed by atoms with Gasteiger partial charge in [0.2, 0.25) is 11.9 Å². The molecule has 0 aliphatic carbocycles. The highest BCUT2D eigenvalue weighted by molar-refractivity contribution is 5.77. The topological polar surface area (TPSA) is 67.8 Å². The minimum Gasteiger partial charge on any atom is -0.370 e. The van der Waals surface area contributed by atoms with Crippen LogP contribution in [0.3, 0.4) is 0 Å². The van der Waals surface area contributed by atoms with Gasteiger partial charge in [0, 0.05) is 38.4 Å². The minimum absolute atomic E-state index is 0.00759. The fourth-order valence-corrected chi connectivity index (χ4v) is 3.91. The molecule has 1 aromatic rings. The van der Waals surface area contributed by atoms with E-state index in [2.05, 4.69) is 14.9 Å². The van der Waals surface area contributed by atoms with E-state index in [1.165, 1.54) is 0 Å².